The Hall–Kier alpha value is -2.05. The molecule has 0 aliphatic carbocycles. The molecule has 0 aliphatic heterocycles. The van der Waals surface area contributed by atoms with E-state index in [9.17, 15) is 4.79 Å². The van der Waals surface area contributed by atoms with Gasteiger partial charge in [-0.2, -0.15) is 0 Å². The highest BCUT2D eigenvalue weighted by atomic mass is 32.2. The van der Waals surface area contributed by atoms with Crippen LogP contribution < -0.4 is 5.32 Å². The summed E-state index contributed by atoms with van der Waals surface area (Å²) in [6, 6.07) is 9.82. The Morgan fingerprint density at radius 3 is 2.96 bits per heavy atom. The van der Waals surface area contributed by atoms with Crippen LogP contribution in [-0.4, -0.2) is 16.1 Å². The molecule has 1 amide bonds. The van der Waals surface area contributed by atoms with Crippen LogP contribution in [0.2, 0.25) is 0 Å². The number of hydrogen-bond donors (Lipinski definition) is 1. The minimum absolute atomic E-state index is 0.0141. The molecule has 2 aromatic heterocycles. The first-order valence-electron chi connectivity index (χ1n) is 8.01. The second kappa shape index (κ2) is 7.89. The van der Waals surface area contributed by atoms with Crippen molar-refractivity contribution in [2.45, 2.75) is 31.8 Å². The molecule has 0 bridgehead atoms. The molecule has 3 aromatic rings. The maximum Gasteiger partial charge on any atom is 0.237 e. The molecule has 0 saturated carbocycles. The van der Waals surface area contributed by atoms with Crippen LogP contribution in [0, 0.1) is 13.8 Å². The lowest BCUT2D eigenvalue weighted by Gasteiger charge is -2.13. The van der Waals surface area contributed by atoms with Crippen LogP contribution in [0.1, 0.15) is 23.7 Å². The number of hydrogen-bond acceptors (Lipinski definition) is 5. The predicted octanol–water partition coefficient (Wildman–Crippen LogP) is 5.28. The standard InChI is InChI=1S/C19H20N2O2S2/c1-12-6-7-13(2)16(9-12)21-18(22)14(3)24-10-15-11-25-19(20-15)17-5-4-8-23-17/h4-9,11,14H,10H2,1-3H3,(H,21,22)/t14-/m1/s1. The third-order valence-corrected chi connectivity index (χ3v) is 5.87. The number of rotatable bonds is 6. The first kappa shape index (κ1) is 17.8. The average Bonchev–Trinajstić information content (AvgIpc) is 3.26. The van der Waals surface area contributed by atoms with E-state index in [0.29, 0.717) is 5.75 Å². The van der Waals surface area contributed by atoms with Gasteiger partial charge in [-0.15, -0.1) is 23.1 Å². The monoisotopic (exact) mass is 372 g/mol. The summed E-state index contributed by atoms with van der Waals surface area (Å²) in [5.74, 6) is 1.49. The Kier molecular flexibility index (Phi) is 5.60. The van der Waals surface area contributed by atoms with Crippen LogP contribution in [0.4, 0.5) is 5.69 Å². The molecule has 25 heavy (non-hydrogen) atoms. The molecule has 3 rings (SSSR count). The fourth-order valence-corrected chi connectivity index (χ4v) is 3.95. The third kappa shape index (κ3) is 4.52. The zero-order chi connectivity index (χ0) is 17.8. The number of furan rings is 1. The summed E-state index contributed by atoms with van der Waals surface area (Å²) < 4.78 is 5.36. The lowest BCUT2D eigenvalue weighted by atomic mass is 10.1. The van der Waals surface area contributed by atoms with Gasteiger partial charge in [0.05, 0.1) is 17.2 Å². The van der Waals surface area contributed by atoms with Crippen LogP contribution in [0.5, 0.6) is 0 Å². The second-order valence-electron chi connectivity index (χ2n) is 5.88. The molecule has 0 fully saturated rings. The van der Waals surface area contributed by atoms with Gasteiger partial charge < -0.3 is 9.73 Å². The molecule has 0 aliphatic rings. The fourth-order valence-electron chi connectivity index (χ4n) is 2.28. The molecule has 1 atom stereocenters. The van der Waals surface area contributed by atoms with Gasteiger partial charge in [-0.3, -0.25) is 4.79 Å². The first-order chi connectivity index (χ1) is 12.0. The largest absolute Gasteiger partial charge is 0.462 e. The zero-order valence-electron chi connectivity index (χ0n) is 14.4. The van der Waals surface area contributed by atoms with E-state index >= 15 is 0 Å². The maximum absolute atomic E-state index is 12.4. The van der Waals surface area contributed by atoms with Crippen LogP contribution in [-0.2, 0) is 10.5 Å². The van der Waals surface area contributed by atoms with Gasteiger partial charge in [0.25, 0.3) is 0 Å². The second-order valence-corrected chi connectivity index (χ2v) is 8.07. The van der Waals surface area contributed by atoms with Gasteiger partial charge in [-0.1, -0.05) is 12.1 Å². The predicted molar refractivity (Wildman–Crippen MR) is 105 cm³/mol. The third-order valence-electron chi connectivity index (χ3n) is 3.79. The SMILES string of the molecule is Cc1ccc(C)c(NC(=O)[C@@H](C)SCc2csc(-c3ccco3)n2)c1. The van der Waals surface area contributed by atoms with E-state index in [4.69, 9.17) is 4.42 Å². The number of carbonyl (C=O) groups excluding carboxylic acids is 1. The van der Waals surface area contributed by atoms with Crippen molar-refractivity contribution in [3.8, 4) is 10.8 Å². The van der Waals surface area contributed by atoms with E-state index in [1.54, 1.807) is 29.4 Å². The Bertz CT molecular complexity index is 856. The lowest BCUT2D eigenvalue weighted by Crippen LogP contribution is -2.23. The van der Waals surface area contributed by atoms with Crippen molar-refractivity contribution < 1.29 is 9.21 Å². The van der Waals surface area contributed by atoms with Crippen LogP contribution in [0.3, 0.4) is 0 Å². The van der Waals surface area contributed by atoms with E-state index in [2.05, 4.69) is 10.3 Å². The maximum atomic E-state index is 12.4. The van der Waals surface area contributed by atoms with Crippen molar-refractivity contribution in [2.24, 2.45) is 0 Å². The number of benzene rings is 1. The van der Waals surface area contributed by atoms with Gasteiger partial charge in [-0.05, 0) is 50.1 Å². The van der Waals surface area contributed by atoms with Gasteiger partial charge >= 0.3 is 0 Å². The summed E-state index contributed by atoms with van der Waals surface area (Å²) in [4.78, 5) is 17.0. The minimum atomic E-state index is -0.159. The molecular weight excluding hydrogens is 352 g/mol. The highest BCUT2D eigenvalue weighted by molar-refractivity contribution is 7.99. The first-order valence-corrected chi connectivity index (χ1v) is 9.94. The molecule has 0 saturated heterocycles. The topological polar surface area (TPSA) is 55.1 Å². The number of nitrogens with zero attached hydrogens (tertiary/aromatic N) is 1. The molecule has 6 heteroatoms. The molecule has 130 valence electrons. The van der Waals surface area contributed by atoms with Gasteiger partial charge in [0.1, 0.15) is 0 Å². The van der Waals surface area contributed by atoms with Crippen molar-refractivity contribution in [1.29, 1.82) is 0 Å². The number of thioether (sulfide) groups is 1. The normalized spacial score (nSPS) is 12.1. The number of aryl methyl sites for hydroxylation is 2. The zero-order valence-corrected chi connectivity index (χ0v) is 16.0. The number of aromatic nitrogens is 1. The van der Waals surface area contributed by atoms with Crippen molar-refractivity contribution >= 4 is 34.7 Å². The van der Waals surface area contributed by atoms with E-state index in [1.165, 1.54) is 0 Å². The lowest BCUT2D eigenvalue weighted by molar-refractivity contribution is -0.115. The summed E-state index contributed by atoms with van der Waals surface area (Å²) in [7, 11) is 0. The molecule has 4 nitrogen and oxygen atoms in total. The van der Waals surface area contributed by atoms with Crippen molar-refractivity contribution in [2.75, 3.05) is 5.32 Å². The number of amides is 1. The van der Waals surface area contributed by atoms with E-state index in [1.807, 2.05) is 56.5 Å². The van der Waals surface area contributed by atoms with Crippen LogP contribution in [0.25, 0.3) is 10.8 Å². The summed E-state index contributed by atoms with van der Waals surface area (Å²) in [5, 5.41) is 5.75. The Morgan fingerprint density at radius 2 is 2.20 bits per heavy atom. The van der Waals surface area contributed by atoms with Crippen LogP contribution in [0.15, 0.2) is 46.4 Å². The summed E-state index contributed by atoms with van der Waals surface area (Å²) in [6.07, 6.45) is 1.64. The quantitative estimate of drug-likeness (QED) is 0.639. The number of carbonyl (C=O) groups is 1. The molecule has 2 heterocycles. The number of anilines is 1. The molecule has 0 radical (unpaired) electrons. The molecule has 0 unspecified atom stereocenters. The highest BCUT2D eigenvalue weighted by Crippen LogP contribution is 2.27. The van der Waals surface area contributed by atoms with E-state index in [-0.39, 0.29) is 11.2 Å². The van der Waals surface area contributed by atoms with Gasteiger partial charge in [-0.25, -0.2) is 4.98 Å². The molecule has 1 aromatic carbocycles. The Labute approximate surface area is 155 Å². The highest BCUT2D eigenvalue weighted by Gasteiger charge is 2.16. The summed E-state index contributed by atoms with van der Waals surface area (Å²) in [5.41, 5.74) is 4.05. The van der Waals surface area contributed by atoms with Gasteiger partial charge in [0.2, 0.25) is 5.91 Å². The smallest absolute Gasteiger partial charge is 0.237 e. The Balaban J connectivity index is 1.56. The molecular formula is C19H20N2O2S2. The van der Waals surface area contributed by atoms with Crippen molar-refractivity contribution in [3.05, 3.63) is 58.8 Å². The summed E-state index contributed by atoms with van der Waals surface area (Å²) in [6.45, 7) is 5.94. The van der Waals surface area contributed by atoms with Gasteiger partial charge in [0, 0.05) is 16.8 Å². The van der Waals surface area contributed by atoms with Gasteiger partial charge in [0.15, 0.2) is 10.8 Å². The average molecular weight is 373 g/mol. The number of thiazole rings is 1. The van der Waals surface area contributed by atoms with Crippen LogP contribution >= 0.6 is 23.1 Å². The van der Waals surface area contributed by atoms with E-state index < -0.39 is 0 Å². The van der Waals surface area contributed by atoms with Crippen molar-refractivity contribution in [3.63, 3.8) is 0 Å². The summed E-state index contributed by atoms with van der Waals surface area (Å²) >= 11 is 3.13. The van der Waals surface area contributed by atoms with Crippen molar-refractivity contribution in [1.82, 2.24) is 4.98 Å². The Morgan fingerprint density at radius 1 is 1.36 bits per heavy atom. The molecule has 1 N–H and O–H groups in total. The van der Waals surface area contributed by atoms with E-state index in [0.717, 1.165) is 33.3 Å². The minimum Gasteiger partial charge on any atom is -0.462 e. The molecule has 0 spiro atoms. The fraction of sp³-hybridized carbons (Fsp3) is 0.263. The number of nitrogens with one attached hydrogen (secondary N) is 1.